The second-order valence-corrected chi connectivity index (χ2v) is 10.6. The van der Waals surface area contributed by atoms with Crippen molar-refractivity contribution in [1.82, 2.24) is 14.6 Å². The number of hydrogen-bond donors (Lipinski definition) is 1. The monoisotopic (exact) mass is 586 g/mol. The molecule has 1 amide bonds. The van der Waals surface area contributed by atoms with Crippen molar-refractivity contribution in [3.63, 3.8) is 0 Å². The number of nitrogens with one attached hydrogen (secondary N) is 1. The summed E-state index contributed by atoms with van der Waals surface area (Å²) in [7, 11) is 0. The molecule has 0 bridgehead atoms. The molecule has 3 aromatic heterocycles. The van der Waals surface area contributed by atoms with Gasteiger partial charge in [-0.2, -0.15) is 5.10 Å². The van der Waals surface area contributed by atoms with Crippen LogP contribution >= 0.6 is 0 Å². The van der Waals surface area contributed by atoms with Crippen molar-refractivity contribution in [2.45, 2.75) is 27.0 Å². The van der Waals surface area contributed by atoms with Crippen molar-refractivity contribution in [3.8, 4) is 22.9 Å². The molecule has 0 unspecified atom stereocenters. The first-order valence-corrected chi connectivity index (χ1v) is 14.3. The molecule has 0 aliphatic carbocycles. The maximum absolute atomic E-state index is 12.7. The molecule has 1 aliphatic heterocycles. The highest BCUT2D eigenvalue weighted by Gasteiger charge is 2.15. The summed E-state index contributed by atoms with van der Waals surface area (Å²) in [6.07, 6.45) is 3.66. The van der Waals surface area contributed by atoms with E-state index in [1.807, 2.05) is 66.9 Å². The zero-order valence-electron chi connectivity index (χ0n) is 24.3. The van der Waals surface area contributed by atoms with Crippen LogP contribution in [0.2, 0.25) is 0 Å². The van der Waals surface area contributed by atoms with Gasteiger partial charge < -0.3 is 27.8 Å². The topological polar surface area (TPSA) is 92.2 Å². The van der Waals surface area contributed by atoms with Crippen molar-refractivity contribution in [1.29, 1.82) is 0 Å². The quantitative estimate of drug-likeness (QED) is 0.149. The van der Waals surface area contributed by atoms with Crippen LogP contribution in [0.25, 0.3) is 16.6 Å². The van der Waals surface area contributed by atoms with Crippen LogP contribution in [0.3, 0.4) is 0 Å². The maximum atomic E-state index is 12.7. The van der Waals surface area contributed by atoms with Crippen LogP contribution in [0.15, 0.2) is 107 Å². The number of nitrogens with zero attached hydrogens (tertiary/aromatic N) is 3. The molecule has 9 nitrogen and oxygen atoms in total. The summed E-state index contributed by atoms with van der Waals surface area (Å²) in [5, 5.41) is 5.24. The molecule has 6 aromatic rings. The normalized spacial score (nSPS) is 12.3. The van der Waals surface area contributed by atoms with Crippen molar-refractivity contribution in [2.75, 3.05) is 6.79 Å². The smallest absolute Gasteiger partial charge is 0.307 e. The average molecular weight is 587 g/mol. The fourth-order valence-electron chi connectivity index (χ4n) is 5.46. The molecule has 44 heavy (non-hydrogen) atoms. The molecule has 0 atom stereocenters. The van der Waals surface area contributed by atoms with Crippen LogP contribution in [0.4, 0.5) is 0 Å². The predicted octanol–water partition coefficient (Wildman–Crippen LogP) is 6.76. The van der Waals surface area contributed by atoms with Crippen molar-refractivity contribution < 1.29 is 23.4 Å². The van der Waals surface area contributed by atoms with Gasteiger partial charge in [-0.05, 0) is 86.1 Å². The zero-order valence-corrected chi connectivity index (χ0v) is 24.3. The van der Waals surface area contributed by atoms with Gasteiger partial charge in [0.2, 0.25) is 6.79 Å². The van der Waals surface area contributed by atoms with Crippen LogP contribution in [0, 0.1) is 13.8 Å². The van der Waals surface area contributed by atoms with E-state index in [0.717, 1.165) is 39.2 Å². The number of carbonyl (C=O) groups excluding carboxylic acids is 1. The van der Waals surface area contributed by atoms with Crippen LogP contribution in [0.5, 0.6) is 17.2 Å². The summed E-state index contributed by atoms with van der Waals surface area (Å²) >= 11 is 0. The number of carbonyl (C=O) groups is 1. The summed E-state index contributed by atoms with van der Waals surface area (Å²) in [6.45, 7) is 5.24. The second-order valence-electron chi connectivity index (χ2n) is 10.6. The van der Waals surface area contributed by atoms with Gasteiger partial charge in [0.25, 0.3) is 0 Å². The van der Waals surface area contributed by atoms with Crippen molar-refractivity contribution >= 4 is 23.0 Å². The minimum Gasteiger partial charge on any atom is -0.486 e. The Morgan fingerprint density at radius 2 is 1.73 bits per heavy atom. The second kappa shape index (κ2) is 11.5. The van der Waals surface area contributed by atoms with Gasteiger partial charge in [-0.25, -0.2) is 5.43 Å². The highest BCUT2D eigenvalue weighted by Crippen LogP contribution is 2.33. The standard InChI is InChI=1S/C35H30N4O5/c1-23-7-8-24(2)39(23)27-10-12-28(13-11-27)41-21-29-14-16-33(44-29)35(40)37-36-18-26-20-38(31-6-4-3-5-30(26)31)19-25-9-15-32-34(17-25)43-22-42-32/h3-18,20H,19,21-22H2,1-2H3,(H,37,40)/b36-18+. The van der Waals surface area contributed by atoms with Gasteiger partial charge in [0.05, 0.1) is 6.21 Å². The van der Waals surface area contributed by atoms with E-state index in [1.165, 1.54) is 11.4 Å². The minimum absolute atomic E-state index is 0.153. The Balaban J connectivity index is 0.975. The van der Waals surface area contributed by atoms with Gasteiger partial charge in [-0.1, -0.05) is 24.3 Å². The van der Waals surface area contributed by atoms with Crippen LogP contribution in [-0.4, -0.2) is 28.0 Å². The summed E-state index contributed by atoms with van der Waals surface area (Å²) in [5.74, 6) is 2.46. The number of amides is 1. The Morgan fingerprint density at radius 3 is 2.57 bits per heavy atom. The highest BCUT2D eigenvalue weighted by atomic mass is 16.7. The number of hydrazone groups is 1. The van der Waals surface area contributed by atoms with Crippen LogP contribution in [0.1, 0.15) is 38.8 Å². The number of aromatic nitrogens is 2. The number of rotatable bonds is 9. The molecule has 7 rings (SSSR count). The SMILES string of the molecule is Cc1ccc(C)n1-c1ccc(OCc2ccc(C(=O)N/N=C/c3cn(Cc4ccc5c(c4)OCO5)c4ccccc34)o2)cc1. The molecular weight excluding hydrogens is 556 g/mol. The van der Waals surface area contributed by atoms with E-state index in [9.17, 15) is 4.79 Å². The van der Waals surface area contributed by atoms with E-state index in [1.54, 1.807) is 18.3 Å². The molecule has 1 N–H and O–H groups in total. The van der Waals surface area contributed by atoms with Crippen LogP contribution in [-0.2, 0) is 13.2 Å². The number of aryl methyl sites for hydroxylation is 2. The average Bonchev–Trinajstić information content (AvgIpc) is 3.84. The van der Waals surface area contributed by atoms with Crippen LogP contribution < -0.4 is 19.6 Å². The summed E-state index contributed by atoms with van der Waals surface area (Å²) in [4.78, 5) is 12.7. The molecule has 3 aromatic carbocycles. The lowest BCUT2D eigenvalue weighted by Crippen LogP contribution is -2.16. The van der Waals surface area contributed by atoms with Gasteiger partial charge in [-0.15, -0.1) is 0 Å². The number of benzene rings is 3. The minimum atomic E-state index is -0.446. The third kappa shape index (κ3) is 5.43. The first kappa shape index (κ1) is 27.2. The fraction of sp³-hybridized carbons (Fsp3) is 0.143. The lowest BCUT2D eigenvalue weighted by molar-refractivity contribution is 0.0923. The third-order valence-corrected chi connectivity index (χ3v) is 7.61. The van der Waals surface area contributed by atoms with Gasteiger partial charge in [0.1, 0.15) is 18.1 Å². The molecule has 0 fully saturated rings. The Labute approximate surface area is 253 Å². The summed E-state index contributed by atoms with van der Waals surface area (Å²) in [5.41, 5.74) is 9.01. The summed E-state index contributed by atoms with van der Waals surface area (Å²) in [6, 6.07) is 29.4. The molecule has 4 heterocycles. The molecule has 1 aliphatic rings. The molecule has 0 radical (unpaired) electrons. The number of ether oxygens (including phenoxy) is 3. The molecule has 220 valence electrons. The van der Waals surface area contributed by atoms with E-state index in [2.05, 4.69) is 51.7 Å². The Hall–Kier alpha value is -5.70. The fourth-order valence-corrected chi connectivity index (χ4v) is 5.46. The lowest BCUT2D eigenvalue weighted by atomic mass is 10.2. The van der Waals surface area contributed by atoms with E-state index < -0.39 is 5.91 Å². The Bertz CT molecular complexity index is 1980. The van der Waals surface area contributed by atoms with Gasteiger partial charge in [0.15, 0.2) is 17.3 Å². The van der Waals surface area contributed by atoms with Crippen molar-refractivity contribution in [2.24, 2.45) is 5.10 Å². The third-order valence-electron chi connectivity index (χ3n) is 7.61. The Kier molecular flexibility index (Phi) is 7.11. The zero-order chi connectivity index (χ0) is 30.0. The van der Waals surface area contributed by atoms with E-state index in [4.69, 9.17) is 18.6 Å². The first-order valence-electron chi connectivity index (χ1n) is 14.3. The number of hydrogen-bond acceptors (Lipinski definition) is 6. The van der Waals surface area contributed by atoms with Gasteiger partial charge in [0, 0.05) is 46.3 Å². The first-order chi connectivity index (χ1) is 21.5. The molecule has 0 saturated heterocycles. The van der Waals surface area contributed by atoms with E-state index in [-0.39, 0.29) is 19.2 Å². The molecule has 0 saturated carbocycles. The van der Waals surface area contributed by atoms with E-state index in [0.29, 0.717) is 18.1 Å². The molecular formula is C35H30N4O5. The van der Waals surface area contributed by atoms with Gasteiger partial charge >= 0.3 is 5.91 Å². The van der Waals surface area contributed by atoms with Gasteiger partial charge in [-0.3, -0.25) is 4.79 Å². The summed E-state index contributed by atoms with van der Waals surface area (Å²) < 4.78 is 26.9. The Morgan fingerprint density at radius 1 is 0.932 bits per heavy atom. The largest absolute Gasteiger partial charge is 0.486 e. The predicted molar refractivity (Wildman–Crippen MR) is 167 cm³/mol. The number of para-hydroxylation sites is 1. The number of fused-ring (bicyclic) bond motifs is 2. The number of furan rings is 1. The van der Waals surface area contributed by atoms with Crippen molar-refractivity contribution in [3.05, 3.63) is 131 Å². The molecule has 0 spiro atoms. The molecule has 9 heteroatoms. The van der Waals surface area contributed by atoms with E-state index >= 15 is 0 Å². The highest BCUT2D eigenvalue weighted by molar-refractivity contribution is 6.00. The maximum Gasteiger partial charge on any atom is 0.307 e. The lowest BCUT2D eigenvalue weighted by Gasteiger charge is -2.10.